The zero-order valence-corrected chi connectivity index (χ0v) is 17.3. The predicted octanol–water partition coefficient (Wildman–Crippen LogP) is 3.84. The first kappa shape index (κ1) is 20.5. The Labute approximate surface area is 179 Å². The molecule has 0 atom stereocenters. The molecule has 1 aliphatic heterocycles. The molecule has 9 heteroatoms. The predicted molar refractivity (Wildman–Crippen MR) is 113 cm³/mol. The van der Waals surface area contributed by atoms with Gasteiger partial charge in [0.15, 0.2) is 11.5 Å². The van der Waals surface area contributed by atoms with Crippen molar-refractivity contribution in [3.8, 4) is 17.2 Å². The number of nitrogens with zero attached hydrogens (tertiary/aromatic N) is 2. The fourth-order valence-corrected chi connectivity index (χ4v) is 3.26. The Morgan fingerprint density at radius 3 is 2.43 bits per heavy atom. The van der Waals surface area contributed by atoms with Gasteiger partial charge >= 0.3 is 0 Å². The van der Waals surface area contributed by atoms with Gasteiger partial charge in [-0.05, 0) is 18.2 Å². The Hall–Kier alpha value is -2.81. The summed E-state index contributed by atoms with van der Waals surface area (Å²) in [6, 6.07) is 9.11. The number of fused-ring (bicyclic) bond motifs is 2. The molecule has 8 nitrogen and oxygen atoms in total. The molecule has 1 aromatic heterocycles. The lowest BCUT2D eigenvalue weighted by Crippen LogP contribution is -2.13. The molecular formula is C21H22ClN3O5. The van der Waals surface area contributed by atoms with Crippen molar-refractivity contribution in [2.45, 2.75) is 0 Å². The van der Waals surface area contributed by atoms with Crippen molar-refractivity contribution in [1.82, 2.24) is 9.97 Å². The van der Waals surface area contributed by atoms with Crippen LogP contribution in [0.5, 0.6) is 17.2 Å². The zero-order chi connectivity index (χ0) is 20.8. The minimum absolute atomic E-state index is 0.371. The van der Waals surface area contributed by atoms with Gasteiger partial charge < -0.3 is 29.0 Å². The first-order chi connectivity index (χ1) is 14.8. The smallest absolute Gasteiger partial charge is 0.162 e. The van der Waals surface area contributed by atoms with Crippen LogP contribution in [-0.4, -0.2) is 56.7 Å². The van der Waals surface area contributed by atoms with Crippen molar-refractivity contribution < 1.29 is 23.7 Å². The van der Waals surface area contributed by atoms with Crippen molar-refractivity contribution in [3.63, 3.8) is 0 Å². The fraction of sp³-hybridized carbons (Fsp3) is 0.333. The highest BCUT2D eigenvalue weighted by Gasteiger charge is 2.15. The molecule has 0 spiro atoms. The van der Waals surface area contributed by atoms with Crippen molar-refractivity contribution in [3.05, 3.63) is 41.7 Å². The molecule has 0 amide bonds. The summed E-state index contributed by atoms with van der Waals surface area (Å²) in [5.41, 5.74) is 1.32. The van der Waals surface area contributed by atoms with E-state index in [0.29, 0.717) is 78.9 Å². The fourth-order valence-electron chi connectivity index (χ4n) is 3.04. The Bertz CT molecular complexity index is 1020. The van der Waals surface area contributed by atoms with E-state index in [1.165, 1.54) is 6.33 Å². The molecule has 1 N–H and O–H groups in total. The highest BCUT2D eigenvalue weighted by Crippen LogP contribution is 2.38. The number of ether oxygens (including phenoxy) is 5. The standard InChI is InChI=1S/C21H22ClN3O5/c1-26-18-12-16-14-11-19(18)30-10-8-28-6-5-27-7-9-29-17-4-2-3-15(22)20(17)25-21(14)24-13-23-16/h2-4,11-13H,5-10H2,1H3,(H,23,24,25). The number of anilines is 2. The van der Waals surface area contributed by atoms with Gasteiger partial charge in [0.1, 0.15) is 36.8 Å². The van der Waals surface area contributed by atoms with Gasteiger partial charge in [-0.15, -0.1) is 0 Å². The number of nitrogens with one attached hydrogen (secondary N) is 1. The quantitative estimate of drug-likeness (QED) is 0.622. The van der Waals surface area contributed by atoms with Gasteiger partial charge in [-0.3, -0.25) is 0 Å². The van der Waals surface area contributed by atoms with Crippen LogP contribution in [0.25, 0.3) is 10.9 Å². The summed E-state index contributed by atoms with van der Waals surface area (Å²) < 4.78 is 28.3. The summed E-state index contributed by atoms with van der Waals surface area (Å²) in [6.07, 6.45) is 1.48. The molecule has 0 saturated heterocycles. The zero-order valence-electron chi connectivity index (χ0n) is 16.5. The van der Waals surface area contributed by atoms with Gasteiger partial charge in [-0.25, -0.2) is 9.97 Å². The van der Waals surface area contributed by atoms with Gasteiger partial charge in [0, 0.05) is 11.5 Å². The first-order valence-corrected chi connectivity index (χ1v) is 9.93. The molecule has 4 rings (SSSR count). The SMILES string of the molecule is COc1cc2ncnc3c2cc1OCCOCCOCCOc1cccc(Cl)c1N3. The second-order valence-electron chi connectivity index (χ2n) is 6.40. The number of rotatable bonds is 1. The molecular weight excluding hydrogens is 410 g/mol. The van der Waals surface area contributed by atoms with Crippen LogP contribution in [0, 0.1) is 0 Å². The Kier molecular flexibility index (Phi) is 6.68. The van der Waals surface area contributed by atoms with Crippen molar-refractivity contribution in [2.24, 2.45) is 0 Å². The lowest BCUT2D eigenvalue weighted by Gasteiger charge is -2.16. The second-order valence-corrected chi connectivity index (χ2v) is 6.81. The van der Waals surface area contributed by atoms with E-state index in [9.17, 15) is 0 Å². The van der Waals surface area contributed by atoms with Gasteiger partial charge in [-0.2, -0.15) is 0 Å². The summed E-state index contributed by atoms with van der Waals surface area (Å²) in [5, 5.41) is 4.56. The third-order valence-electron chi connectivity index (χ3n) is 4.48. The molecule has 0 aliphatic carbocycles. The molecule has 2 bridgehead atoms. The van der Waals surface area contributed by atoms with Crippen LogP contribution in [0.3, 0.4) is 0 Å². The van der Waals surface area contributed by atoms with Crippen LogP contribution in [0.15, 0.2) is 36.7 Å². The van der Waals surface area contributed by atoms with Crippen molar-refractivity contribution >= 4 is 34.0 Å². The van der Waals surface area contributed by atoms with Gasteiger partial charge in [0.05, 0.1) is 44.1 Å². The van der Waals surface area contributed by atoms with E-state index in [4.69, 9.17) is 35.3 Å². The molecule has 0 fully saturated rings. The lowest BCUT2D eigenvalue weighted by molar-refractivity contribution is 0.0272. The third-order valence-corrected chi connectivity index (χ3v) is 4.80. The van der Waals surface area contributed by atoms with E-state index in [2.05, 4.69) is 15.3 Å². The molecule has 2 heterocycles. The molecule has 1 aliphatic rings. The maximum atomic E-state index is 6.45. The highest BCUT2D eigenvalue weighted by atomic mass is 35.5. The second kappa shape index (κ2) is 9.80. The minimum Gasteiger partial charge on any atom is -0.493 e. The maximum Gasteiger partial charge on any atom is 0.162 e. The van der Waals surface area contributed by atoms with Crippen LogP contribution in [-0.2, 0) is 9.47 Å². The summed E-state index contributed by atoms with van der Waals surface area (Å²) >= 11 is 6.45. The van der Waals surface area contributed by atoms with Crippen LogP contribution in [0.2, 0.25) is 5.02 Å². The van der Waals surface area contributed by atoms with Crippen LogP contribution < -0.4 is 19.5 Å². The van der Waals surface area contributed by atoms with Gasteiger partial charge in [0.2, 0.25) is 0 Å². The number of hydrogen-bond donors (Lipinski definition) is 1. The third kappa shape index (κ3) is 4.67. The lowest BCUT2D eigenvalue weighted by atomic mass is 10.2. The van der Waals surface area contributed by atoms with E-state index in [1.54, 1.807) is 13.2 Å². The van der Waals surface area contributed by atoms with Crippen molar-refractivity contribution in [2.75, 3.05) is 52.1 Å². The molecule has 0 unspecified atom stereocenters. The van der Waals surface area contributed by atoms with Gasteiger partial charge in [-0.1, -0.05) is 17.7 Å². The largest absolute Gasteiger partial charge is 0.493 e. The Morgan fingerprint density at radius 1 is 0.933 bits per heavy atom. The van der Waals surface area contributed by atoms with Crippen molar-refractivity contribution in [1.29, 1.82) is 0 Å². The van der Waals surface area contributed by atoms with E-state index < -0.39 is 0 Å². The normalized spacial score (nSPS) is 15.4. The van der Waals surface area contributed by atoms with E-state index >= 15 is 0 Å². The average molecular weight is 432 g/mol. The minimum atomic E-state index is 0.371. The topological polar surface area (TPSA) is 84.0 Å². The van der Waals surface area contributed by atoms with Gasteiger partial charge in [0.25, 0.3) is 0 Å². The Morgan fingerprint density at radius 2 is 1.67 bits per heavy atom. The van der Waals surface area contributed by atoms with Crippen LogP contribution >= 0.6 is 11.6 Å². The average Bonchev–Trinajstić information content (AvgIpc) is 2.76. The molecule has 0 saturated carbocycles. The summed E-state index contributed by atoms with van der Waals surface area (Å²) in [5.74, 6) is 2.32. The molecule has 2 aromatic carbocycles. The first-order valence-electron chi connectivity index (χ1n) is 9.55. The van der Waals surface area contributed by atoms with E-state index in [0.717, 1.165) is 5.39 Å². The number of benzene rings is 2. The number of hydrogen-bond acceptors (Lipinski definition) is 8. The highest BCUT2D eigenvalue weighted by molar-refractivity contribution is 6.33. The van der Waals surface area contributed by atoms with E-state index in [-0.39, 0.29) is 0 Å². The molecule has 158 valence electrons. The number of aromatic nitrogens is 2. The van der Waals surface area contributed by atoms with Crippen LogP contribution in [0.4, 0.5) is 11.5 Å². The number of halogens is 1. The number of methoxy groups -OCH3 is 1. The molecule has 0 radical (unpaired) electrons. The van der Waals surface area contributed by atoms with E-state index in [1.807, 2.05) is 24.3 Å². The monoisotopic (exact) mass is 431 g/mol. The molecule has 3 aromatic rings. The maximum absolute atomic E-state index is 6.45. The van der Waals surface area contributed by atoms with Crippen LogP contribution in [0.1, 0.15) is 0 Å². The number of para-hydroxylation sites is 1. The summed E-state index contributed by atoms with van der Waals surface area (Å²) in [6.45, 7) is 2.56. The summed E-state index contributed by atoms with van der Waals surface area (Å²) in [4.78, 5) is 8.76. The summed E-state index contributed by atoms with van der Waals surface area (Å²) in [7, 11) is 1.59. The molecule has 30 heavy (non-hydrogen) atoms. The Balaban J connectivity index is 1.76.